The summed E-state index contributed by atoms with van der Waals surface area (Å²) in [4.78, 5) is -0.0350. The normalized spacial score (nSPS) is 17.0. The Labute approximate surface area is 76.1 Å². The van der Waals surface area contributed by atoms with Crippen LogP contribution in [0.5, 0.6) is 0 Å². The molecule has 0 aromatic carbocycles. The molecule has 1 aliphatic heterocycles. The van der Waals surface area contributed by atoms with Crippen LogP contribution >= 0.6 is 0 Å². The molecule has 2 heterocycles. The van der Waals surface area contributed by atoms with Crippen molar-refractivity contribution in [2.75, 3.05) is 0 Å². The van der Waals surface area contributed by atoms with E-state index in [1.807, 2.05) is 0 Å². The van der Waals surface area contributed by atoms with Crippen molar-refractivity contribution < 1.29 is 13.0 Å². The first-order valence-electron chi connectivity index (χ1n) is 4.11. The fourth-order valence-corrected chi connectivity index (χ4v) is 2.29. The summed E-state index contributed by atoms with van der Waals surface area (Å²) in [6, 6.07) is 0. The number of hydrogen-bond donors (Lipinski definition) is 1. The average Bonchev–Trinajstić information content (AvgIpc) is 2.45. The molecule has 72 valence electrons. The molecule has 0 fully saturated rings. The number of aromatic nitrogens is 2. The minimum absolute atomic E-state index is 0.0350. The van der Waals surface area contributed by atoms with Crippen LogP contribution in [0.3, 0.4) is 0 Å². The molecule has 6 heteroatoms. The lowest BCUT2D eigenvalue weighted by Crippen LogP contribution is -2.13. The third-order valence-electron chi connectivity index (χ3n) is 2.22. The highest BCUT2D eigenvalue weighted by Gasteiger charge is 2.22. The smallest absolute Gasteiger partial charge is 0.282 e. The minimum atomic E-state index is -4.08. The van der Waals surface area contributed by atoms with E-state index in [1.165, 1.54) is 6.20 Å². The molecular weight excluding hydrogens is 192 g/mol. The fourth-order valence-electron chi connectivity index (χ4n) is 1.61. The molecule has 1 aliphatic rings. The lowest BCUT2D eigenvalue weighted by Gasteiger charge is -2.13. The summed E-state index contributed by atoms with van der Waals surface area (Å²) in [5, 5.41) is 3.90. The zero-order valence-corrected chi connectivity index (χ0v) is 7.79. The van der Waals surface area contributed by atoms with E-state index in [1.54, 1.807) is 4.68 Å². The van der Waals surface area contributed by atoms with Gasteiger partial charge < -0.3 is 0 Å². The second-order valence-corrected chi connectivity index (χ2v) is 4.50. The number of rotatable bonds is 1. The van der Waals surface area contributed by atoms with E-state index >= 15 is 0 Å². The van der Waals surface area contributed by atoms with Crippen LogP contribution in [0.2, 0.25) is 0 Å². The average molecular weight is 202 g/mol. The van der Waals surface area contributed by atoms with Gasteiger partial charge in [0, 0.05) is 6.54 Å². The maximum absolute atomic E-state index is 10.9. The summed E-state index contributed by atoms with van der Waals surface area (Å²) in [6.07, 6.45) is 3.86. The first kappa shape index (κ1) is 8.71. The van der Waals surface area contributed by atoms with Gasteiger partial charge in [0.15, 0.2) is 0 Å². The molecule has 0 unspecified atom stereocenters. The lowest BCUT2D eigenvalue weighted by atomic mass is 10.1. The van der Waals surface area contributed by atoms with E-state index in [4.69, 9.17) is 4.55 Å². The van der Waals surface area contributed by atoms with Crippen molar-refractivity contribution in [3.05, 3.63) is 11.9 Å². The molecular formula is C7H10N2O3S. The van der Waals surface area contributed by atoms with E-state index in [9.17, 15) is 8.42 Å². The number of nitrogens with zero attached hydrogens (tertiary/aromatic N) is 2. The topological polar surface area (TPSA) is 72.2 Å². The van der Waals surface area contributed by atoms with Crippen LogP contribution in [0, 0.1) is 0 Å². The Morgan fingerprint density at radius 2 is 2.23 bits per heavy atom. The zero-order valence-electron chi connectivity index (χ0n) is 6.97. The van der Waals surface area contributed by atoms with Crippen LogP contribution in [0.15, 0.2) is 11.1 Å². The molecule has 0 atom stereocenters. The second kappa shape index (κ2) is 2.81. The predicted octanol–water partition coefficient (Wildman–Crippen LogP) is 0.466. The Bertz CT molecular complexity index is 421. The minimum Gasteiger partial charge on any atom is -0.282 e. The van der Waals surface area contributed by atoms with Crippen LogP contribution in [-0.2, 0) is 23.1 Å². The third kappa shape index (κ3) is 1.47. The highest BCUT2D eigenvalue weighted by Crippen LogP contribution is 2.21. The summed E-state index contributed by atoms with van der Waals surface area (Å²) in [6.45, 7) is 0.741. The molecule has 0 bridgehead atoms. The van der Waals surface area contributed by atoms with Crippen LogP contribution in [0.1, 0.15) is 18.5 Å². The van der Waals surface area contributed by atoms with Crippen molar-refractivity contribution in [1.29, 1.82) is 0 Å². The van der Waals surface area contributed by atoms with Gasteiger partial charge in [0.05, 0.1) is 11.9 Å². The fraction of sp³-hybridized carbons (Fsp3) is 0.571. The molecule has 0 aliphatic carbocycles. The van der Waals surface area contributed by atoms with E-state index in [0.29, 0.717) is 12.1 Å². The summed E-state index contributed by atoms with van der Waals surface area (Å²) in [5.41, 5.74) is 0.633. The highest BCUT2D eigenvalue weighted by atomic mass is 32.2. The second-order valence-electron chi connectivity index (χ2n) is 3.11. The van der Waals surface area contributed by atoms with Gasteiger partial charge in [-0.1, -0.05) is 0 Å². The van der Waals surface area contributed by atoms with E-state index in [-0.39, 0.29) is 4.90 Å². The number of hydrogen-bond acceptors (Lipinski definition) is 3. The summed E-state index contributed by atoms with van der Waals surface area (Å²) >= 11 is 0. The maximum Gasteiger partial charge on any atom is 0.297 e. The van der Waals surface area contributed by atoms with Gasteiger partial charge in [0.1, 0.15) is 4.90 Å². The molecule has 2 rings (SSSR count). The van der Waals surface area contributed by atoms with Gasteiger partial charge in [-0.2, -0.15) is 13.5 Å². The number of fused-ring (bicyclic) bond motifs is 1. The van der Waals surface area contributed by atoms with Gasteiger partial charge in [-0.05, 0) is 19.3 Å². The Morgan fingerprint density at radius 1 is 1.46 bits per heavy atom. The largest absolute Gasteiger partial charge is 0.297 e. The molecule has 0 amide bonds. The molecule has 1 aromatic rings. The molecule has 0 spiro atoms. The van der Waals surface area contributed by atoms with Crippen molar-refractivity contribution in [3.8, 4) is 0 Å². The van der Waals surface area contributed by atoms with Crippen LogP contribution in [0.4, 0.5) is 0 Å². The predicted molar refractivity (Wildman–Crippen MR) is 45.0 cm³/mol. The monoisotopic (exact) mass is 202 g/mol. The SMILES string of the molecule is O=S(=O)(O)c1cnn2c1CCCC2. The van der Waals surface area contributed by atoms with Gasteiger partial charge in [0.25, 0.3) is 10.1 Å². The Hall–Kier alpha value is -0.880. The van der Waals surface area contributed by atoms with Gasteiger partial charge in [-0.15, -0.1) is 0 Å². The summed E-state index contributed by atoms with van der Waals surface area (Å²) in [5.74, 6) is 0. The Balaban J connectivity index is 2.55. The van der Waals surface area contributed by atoms with Crippen molar-refractivity contribution in [2.24, 2.45) is 0 Å². The molecule has 1 aromatic heterocycles. The molecule has 13 heavy (non-hydrogen) atoms. The van der Waals surface area contributed by atoms with Crippen LogP contribution < -0.4 is 0 Å². The summed E-state index contributed by atoms with van der Waals surface area (Å²) in [7, 11) is -4.08. The van der Waals surface area contributed by atoms with E-state index in [2.05, 4.69) is 5.10 Å². The standard InChI is InChI=1S/C7H10N2O3S/c10-13(11,12)7-5-8-9-4-2-1-3-6(7)9/h5H,1-4H2,(H,10,11,12). The summed E-state index contributed by atoms with van der Waals surface area (Å²) < 4.78 is 32.2. The van der Waals surface area contributed by atoms with Crippen molar-refractivity contribution in [2.45, 2.75) is 30.7 Å². The lowest BCUT2D eigenvalue weighted by molar-refractivity contribution is 0.466. The Kier molecular flexibility index (Phi) is 1.88. The maximum atomic E-state index is 10.9. The third-order valence-corrected chi connectivity index (χ3v) is 3.12. The highest BCUT2D eigenvalue weighted by molar-refractivity contribution is 7.85. The van der Waals surface area contributed by atoms with Crippen molar-refractivity contribution in [1.82, 2.24) is 9.78 Å². The first-order valence-corrected chi connectivity index (χ1v) is 5.55. The molecule has 5 nitrogen and oxygen atoms in total. The van der Waals surface area contributed by atoms with E-state index in [0.717, 1.165) is 19.4 Å². The van der Waals surface area contributed by atoms with E-state index < -0.39 is 10.1 Å². The van der Waals surface area contributed by atoms with Gasteiger partial charge in [-0.25, -0.2) is 0 Å². The molecule has 0 saturated heterocycles. The van der Waals surface area contributed by atoms with Crippen molar-refractivity contribution in [3.63, 3.8) is 0 Å². The Morgan fingerprint density at radius 3 is 2.92 bits per heavy atom. The zero-order chi connectivity index (χ0) is 9.47. The van der Waals surface area contributed by atoms with Gasteiger partial charge >= 0.3 is 0 Å². The van der Waals surface area contributed by atoms with Gasteiger partial charge in [0.2, 0.25) is 0 Å². The first-order chi connectivity index (χ1) is 6.09. The van der Waals surface area contributed by atoms with Crippen molar-refractivity contribution >= 4 is 10.1 Å². The molecule has 0 saturated carbocycles. The van der Waals surface area contributed by atoms with Gasteiger partial charge in [-0.3, -0.25) is 9.23 Å². The van der Waals surface area contributed by atoms with Crippen LogP contribution in [-0.4, -0.2) is 22.8 Å². The molecule has 0 radical (unpaired) electrons. The molecule has 1 N–H and O–H groups in total. The quantitative estimate of drug-likeness (QED) is 0.672. The van der Waals surface area contributed by atoms with Crippen LogP contribution in [0.25, 0.3) is 0 Å². The number of aryl methyl sites for hydroxylation is 1.